The van der Waals surface area contributed by atoms with Crippen LogP contribution in [0.15, 0.2) is 36.0 Å². The maximum Gasteiger partial charge on any atom is 0.156 e. The minimum Gasteiger partial charge on any atom is -0.295 e. The molecule has 0 radical (unpaired) electrons. The highest BCUT2D eigenvalue weighted by molar-refractivity contribution is 5.92. The monoisotopic (exact) mass is 394 g/mol. The Morgan fingerprint density at radius 2 is 1.76 bits per heavy atom. The molecule has 0 aromatic rings. The molecule has 0 aromatic carbocycles. The predicted molar refractivity (Wildman–Crippen MR) is 122 cm³/mol. The lowest BCUT2D eigenvalue weighted by Crippen LogP contribution is -2.49. The Labute approximate surface area is 179 Å². The van der Waals surface area contributed by atoms with Gasteiger partial charge in [-0.1, -0.05) is 65.8 Å². The molecule has 0 amide bonds. The number of allylic oxidation sites excluding steroid dienone is 6. The van der Waals surface area contributed by atoms with E-state index in [9.17, 15) is 4.79 Å². The molecule has 4 rings (SSSR count). The van der Waals surface area contributed by atoms with Gasteiger partial charge in [0, 0.05) is 6.42 Å². The fourth-order valence-electron chi connectivity index (χ4n) is 7.61. The zero-order valence-corrected chi connectivity index (χ0v) is 19.6. The molecule has 1 nitrogen and oxygen atoms in total. The van der Waals surface area contributed by atoms with Gasteiger partial charge in [0.2, 0.25) is 0 Å². The summed E-state index contributed by atoms with van der Waals surface area (Å²) in [5.41, 5.74) is 2.02. The number of fused-ring (bicyclic) bond motifs is 5. The Morgan fingerprint density at radius 3 is 2.48 bits per heavy atom. The molecule has 1 heteroatoms. The van der Waals surface area contributed by atoms with Crippen LogP contribution in [0.2, 0.25) is 0 Å². The summed E-state index contributed by atoms with van der Waals surface area (Å²) in [6.07, 6.45) is 19.1. The van der Waals surface area contributed by atoms with Crippen molar-refractivity contribution >= 4 is 5.78 Å². The number of hydrogen-bond acceptors (Lipinski definition) is 1. The Bertz CT molecular complexity index is 739. The average molecular weight is 395 g/mol. The molecule has 0 unspecified atom stereocenters. The van der Waals surface area contributed by atoms with E-state index in [4.69, 9.17) is 0 Å². The van der Waals surface area contributed by atoms with Crippen LogP contribution < -0.4 is 0 Å². The lowest BCUT2D eigenvalue weighted by atomic mass is 9.48. The number of ketones is 1. The molecule has 160 valence electrons. The van der Waals surface area contributed by atoms with Gasteiger partial charge in [-0.25, -0.2) is 0 Å². The summed E-state index contributed by atoms with van der Waals surface area (Å²) in [4.78, 5) is 12.0. The van der Waals surface area contributed by atoms with E-state index in [1.807, 2.05) is 6.08 Å². The van der Waals surface area contributed by atoms with Gasteiger partial charge in [0.1, 0.15) is 0 Å². The van der Waals surface area contributed by atoms with Crippen molar-refractivity contribution in [3.05, 3.63) is 36.0 Å². The molecule has 4 aliphatic carbocycles. The van der Waals surface area contributed by atoms with Crippen molar-refractivity contribution in [1.29, 1.82) is 0 Å². The van der Waals surface area contributed by atoms with Crippen LogP contribution in [-0.4, -0.2) is 5.78 Å². The molecule has 4 aliphatic rings. The summed E-state index contributed by atoms with van der Waals surface area (Å²) < 4.78 is 0. The number of carbonyl (C=O) groups excluding carboxylic acids is 1. The first-order chi connectivity index (χ1) is 13.7. The van der Waals surface area contributed by atoms with Crippen molar-refractivity contribution in [3.63, 3.8) is 0 Å². The van der Waals surface area contributed by atoms with Crippen molar-refractivity contribution in [2.45, 2.75) is 80.1 Å². The van der Waals surface area contributed by atoms with Gasteiger partial charge in [-0.3, -0.25) is 4.79 Å². The predicted octanol–water partition coefficient (Wildman–Crippen LogP) is 7.39. The zero-order valence-electron chi connectivity index (χ0n) is 19.6. The highest BCUT2D eigenvalue weighted by Crippen LogP contribution is 2.66. The van der Waals surface area contributed by atoms with E-state index in [2.05, 4.69) is 65.8 Å². The zero-order chi connectivity index (χ0) is 21.0. The molecule has 2 saturated carbocycles. The number of carbonyl (C=O) groups is 1. The molecule has 0 aliphatic heterocycles. The first-order valence-electron chi connectivity index (χ1n) is 12.3. The smallest absolute Gasteiger partial charge is 0.156 e. The van der Waals surface area contributed by atoms with Gasteiger partial charge in [-0.05, 0) is 96.0 Å². The third-order valence-corrected chi connectivity index (χ3v) is 9.99. The van der Waals surface area contributed by atoms with E-state index in [1.165, 1.54) is 31.3 Å². The molecular formula is C28H42O. The number of rotatable bonds is 4. The van der Waals surface area contributed by atoms with Gasteiger partial charge in [0.25, 0.3) is 0 Å². The third-order valence-electron chi connectivity index (χ3n) is 9.99. The third kappa shape index (κ3) is 3.41. The van der Waals surface area contributed by atoms with Crippen molar-refractivity contribution < 1.29 is 4.79 Å². The Morgan fingerprint density at radius 1 is 1.00 bits per heavy atom. The summed E-state index contributed by atoms with van der Waals surface area (Å²) in [6.45, 7) is 14.6. The van der Waals surface area contributed by atoms with Crippen LogP contribution in [0.4, 0.5) is 0 Å². The van der Waals surface area contributed by atoms with Crippen LogP contribution >= 0.6 is 0 Å². The van der Waals surface area contributed by atoms with Crippen molar-refractivity contribution in [1.82, 2.24) is 0 Å². The van der Waals surface area contributed by atoms with E-state index in [-0.39, 0.29) is 5.41 Å². The van der Waals surface area contributed by atoms with Gasteiger partial charge < -0.3 is 0 Å². The fourth-order valence-corrected chi connectivity index (χ4v) is 7.61. The first kappa shape index (κ1) is 21.1. The molecule has 0 heterocycles. The maximum atomic E-state index is 12.0. The second-order valence-electron chi connectivity index (χ2n) is 11.7. The summed E-state index contributed by atoms with van der Waals surface area (Å²) in [5.74, 6) is 5.46. The molecule has 8 atom stereocenters. The van der Waals surface area contributed by atoms with Crippen LogP contribution in [0.25, 0.3) is 0 Å². The quantitative estimate of drug-likeness (QED) is 0.454. The second kappa shape index (κ2) is 7.54. The van der Waals surface area contributed by atoms with Crippen LogP contribution in [0.1, 0.15) is 80.1 Å². The first-order valence-corrected chi connectivity index (χ1v) is 12.3. The summed E-state index contributed by atoms with van der Waals surface area (Å²) in [7, 11) is 0. The average Bonchev–Trinajstić information content (AvgIpc) is 3.03. The molecule has 29 heavy (non-hydrogen) atoms. The van der Waals surface area contributed by atoms with Crippen LogP contribution in [0, 0.1) is 52.3 Å². The van der Waals surface area contributed by atoms with Gasteiger partial charge in [0.15, 0.2) is 5.78 Å². The lowest BCUT2D eigenvalue weighted by molar-refractivity contribution is -0.116. The van der Waals surface area contributed by atoms with E-state index < -0.39 is 0 Å². The van der Waals surface area contributed by atoms with E-state index in [1.54, 1.807) is 0 Å². The molecule has 0 bridgehead atoms. The summed E-state index contributed by atoms with van der Waals surface area (Å²) in [6, 6.07) is 0. The van der Waals surface area contributed by atoms with Crippen LogP contribution in [0.3, 0.4) is 0 Å². The van der Waals surface area contributed by atoms with Crippen LogP contribution in [-0.2, 0) is 4.79 Å². The second-order valence-corrected chi connectivity index (χ2v) is 11.7. The molecular weight excluding hydrogens is 352 g/mol. The number of hydrogen-bond donors (Lipinski definition) is 0. The Hall–Kier alpha value is -1.11. The normalized spacial score (nSPS) is 43.7. The SMILES string of the molecule is CC(C)[C@@H](C)C=C[C@H](C)[C@H]1CC[C@H]2[C@@H]3C=CC4=CC(=O)CC[C@]4(C)[C@H]3CC[C@]12C. The van der Waals surface area contributed by atoms with E-state index >= 15 is 0 Å². The minimum atomic E-state index is 0.227. The Kier molecular flexibility index (Phi) is 5.50. The molecule has 0 aromatic heterocycles. The molecule has 0 saturated heterocycles. The van der Waals surface area contributed by atoms with Crippen molar-refractivity contribution in [3.8, 4) is 0 Å². The van der Waals surface area contributed by atoms with Gasteiger partial charge >= 0.3 is 0 Å². The molecule has 0 N–H and O–H groups in total. The highest BCUT2D eigenvalue weighted by atomic mass is 16.1. The van der Waals surface area contributed by atoms with Crippen molar-refractivity contribution in [2.24, 2.45) is 52.3 Å². The lowest BCUT2D eigenvalue weighted by Gasteiger charge is -2.56. The Balaban J connectivity index is 1.57. The van der Waals surface area contributed by atoms with Gasteiger partial charge in [-0.15, -0.1) is 0 Å². The summed E-state index contributed by atoms with van der Waals surface area (Å²) in [5, 5.41) is 0. The molecule has 2 fully saturated rings. The minimum absolute atomic E-state index is 0.227. The van der Waals surface area contributed by atoms with Gasteiger partial charge in [-0.2, -0.15) is 0 Å². The van der Waals surface area contributed by atoms with E-state index in [0.717, 1.165) is 36.5 Å². The highest BCUT2D eigenvalue weighted by Gasteiger charge is 2.58. The largest absolute Gasteiger partial charge is 0.295 e. The standard InChI is InChI=1S/C28H42O/c1-18(2)19(3)7-8-20(4)24-11-12-25-23-10-9-21-17-22(29)13-15-27(21,5)26(23)14-16-28(24,25)6/h7-10,17-20,23-26H,11-16H2,1-6H3/t19-,20-,23-,24+,25-,26-,27-,28+/m0/s1. The summed E-state index contributed by atoms with van der Waals surface area (Å²) >= 11 is 0. The molecule has 0 spiro atoms. The van der Waals surface area contributed by atoms with E-state index in [0.29, 0.717) is 29.0 Å². The topological polar surface area (TPSA) is 17.1 Å². The van der Waals surface area contributed by atoms with Crippen molar-refractivity contribution in [2.75, 3.05) is 0 Å². The van der Waals surface area contributed by atoms with Crippen LogP contribution in [0.5, 0.6) is 0 Å². The maximum absolute atomic E-state index is 12.0. The van der Waals surface area contributed by atoms with Gasteiger partial charge in [0.05, 0.1) is 0 Å². The fraction of sp³-hybridized carbons (Fsp3) is 0.750.